The maximum Gasteiger partial charge on any atom is 0.319 e. The third-order valence-corrected chi connectivity index (χ3v) is 9.66. The summed E-state index contributed by atoms with van der Waals surface area (Å²) < 4.78 is 26.7. The summed E-state index contributed by atoms with van der Waals surface area (Å²) in [5, 5.41) is 11.3. The van der Waals surface area contributed by atoms with Crippen molar-refractivity contribution in [3.8, 4) is 0 Å². The second-order valence-electron chi connectivity index (χ2n) is 14.5. The molecule has 46 heavy (non-hydrogen) atoms. The second kappa shape index (κ2) is 16.8. The molecule has 260 valence electrons. The number of Topliss-reactive ketones (excluding diaryl/α,β-unsaturated/α-hetero) is 1. The van der Waals surface area contributed by atoms with E-state index >= 15 is 0 Å². The molecule has 2 saturated heterocycles. The lowest BCUT2D eigenvalue weighted by Crippen LogP contribution is -2.58. The summed E-state index contributed by atoms with van der Waals surface area (Å²) >= 11 is 0. The molecule has 2 fully saturated rings. The molecule has 2 aliphatic heterocycles. The van der Waals surface area contributed by atoms with Crippen molar-refractivity contribution in [2.45, 2.75) is 97.6 Å². The normalized spacial score (nSPS) is 33.3. The number of ether oxygens (including phenoxy) is 4. The van der Waals surface area contributed by atoms with Crippen LogP contribution in [0.15, 0.2) is 30.3 Å². The van der Waals surface area contributed by atoms with Crippen LogP contribution in [0.3, 0.4) is 0 Å². The number of carbonyl (C=O) groups excluding carboxylic acids is 2. The number of ketones is 1. The van der Waals surface area contributed by atoms with Gasteiger partial charge in [0.05, 0.1) is 24.2 Å². The summed E-state index contributed by atoms with van der Waals surface area (Å²) in [6.07, 6.45) is -0.925. The number of carbonyl (C=O) groups is 2. The summed E-state index contributed by atoms with van der Waals surface area (Å²) in [6.45, 7) is 15.2. The minimum atomic E-state index is -1.43. The lowest BCUT2D eigenvalue weighted by molar-refractivity contribution is -0.473. The van der Waals surface area contributed by atoms with E-state index in [1.165, 1.54) is 5.56 Å². The monoisotopic (exact) mass is 646 g/mol. The molecule has 7 atom stereocenters. The van der Waals surface area contributed by atoms with Crippen LogP contribution in [0, 0.1) is 17.3 Å². The van der Waals surface area contributed by atoms with E-state index in [9.17, 15) is 14.7 Å². The van der Waals surface area contributed by atoms with E-state index in [4.69, 9.17) is 18.9 Å². The highest BCUT2D eigenvalue weighted by Gasteiger charge is 2.51. The van der Waals surface area contributed by atoms with Crippen molar-refractivity contribution in [1.82, 2.24) is 9.80 Å². The molecule has 10 heteroatoms. The van der Waals surface area contributed by atoms with E-state index in [0.717, 1.165) is 38.3 Å². The molecule has 10 nitrogen and oxygen atoms in total. The number of nitrogens with zero attached hydrogens (tertiary/aromatic N) is 3. The molecular weight excluding hydrogens is 586 g/mol. The van der Waals surface area contributed by atoms with Gasteiger partial charge in [-0.25, -0.2) is 4.58 Å². The van der Waals surface area contributed by atoms with Crippen molar-refractivity contribution in [3.05, 3.63) is 35.9 Å². The minimum Gasteiger partial charge on any atom is -0.464 e. The topological polar surface area (TPSA) is 101 Å². The molecule has 0 radical (unpaired) electrons. The van der Waals surface area contributed by atoms with E-state index in [2.05, 4.69) is 35.9 Å². The fraction of sp³-hybridized carbons (Fsp3) is 0.750. The number of benzene rings is 1. The predicted molar refractivity (Wildman–Crippen MR) is 179 cm³/mol. The summed E-state index contributed by atoms with van der Waals surface area (Å²) in [4.78, 5) is 32.4. The van der Waals surface area contributed by atoms with Gasteiger partial charge in [-0.05, 0) is 72.2 Å². The van der Waals surface area contributed by atoms with E-state index in [1.54, 1.807) is 27.9 Å². The van der Waals surface area contributed by atoms with Crippen molar-refractivity contribution in [2.75, 3.05) is 61.0 Å². The van der Waals surface area contributed by atoms with Crippen LogP contribution in [0.5, 0.6) is 0 Å². The molecule has 0 aromatic heterocycles. The number of esters is 1. The lowest BCUT2D eigenvalue weighted by atomic mass is 9.74. The highest BCUT2D eigenvalue weighted by Crippen LogP contribution is 2.37. The smallest absolute Gasteiger partial charge is 0.319 e. The molecule has 3 rings (SSSR count). The standard InChI is InChI=1S/C36H60N3O7/c1-25-22-36(6,43-10)32(46-33-30(40)29(37(7)8)21-26(2)45-33)27(3)31(41)35(4,5)34(42)44-20-19-39(18-14-17-38(9)23-25)24-28-15-12-11-13-16-28/h11-13,15-16,25-27,30,32-33,40H,14,17-24H2,1-10H3/q+1/t25-,26-,27+,30-,32-,33+,36-/m1/s1. The first-order valence-electron chi connectivity index (χ1n) is 16.8. The summed E-state index contributed by atoms with van der Waals surface area (Å²) in [5.41, 5.74) is -0.364. The van der Waals surface area contributed by atoms with Gasteiger partial charge in [-0.1, -0.05) is 44.2 Å². The number of rotatable bonds is 5. The first kappa shape index (κ1) is 38.2. The van der Waals surface area contributed by atoms with Crippen LogP contribution < -0.4 is 0 Å². The van der Waals surface area contributed by atoms with E-state index in [0.29, 0.717) is 19.4 Å². The van der Waals surface area contributed by atoms with E-state index in [1.807, 2.05) is 50.7 Å². The second-order valence-corrected chi connectivity index (χ2v) is 14.5. The number of aliphatic hydroxyl groups is 1. The number of hydrogen-bond donors (Lipinski definition) is 1. The average molecular weight is 647 g/mol. The Hall–Kier alpha value is -2.21. The Morgan fingerprint density at radius 2 is 1.72 bits per heavy atom. The van der Waals surface area contributed by atoms with Crippen LogP contribution in [-0.2, 0) is 35.1 Å². The number of methoxy groups -OCH3 is 1. The molecule has 1 aromatic rings. The zero-order valence-corrected chi connectivity index (χ0v) is 30.0. The van der Waals surface area contributed by atoms with E-state index < -0.39 is 41.4 Å². The van der Waals surface area contributed by atoms with Crippen LogP contribution in [0.25, 0.3) is 0 Å². The van der Waals surface area contributed by atoms with Gasteiger partial charge >= 0.3 is 5.97 Å². The number of cyclic esters (lactones) is 1. The first-order chi connectivity index (χ1) is 21.6. The number of hydrogen-bond acceptors (Lipinski definition) is 9. The van der Waals surface area contributed by atoms with Crippen LogP contribution in [0.4, 0.5) is 0 Å². The van der Waals surface area contributed by atoms with Gasteiger partial charge in [0.1, 0.15) is 26.1 Å². The zero-order chi connectivity index (χ0) is 34.2. The predicted octanol–water partition coefficient (Wildman–Crippen LogP) is 3.62. The SMILES string of the molecule is CO[C@]1(C)C[C@@H](C)CN(C)CCCN(Cc2ccccc2)CCOC(=O)C(C)(C)C(=O)[C@H](C)[C@H]1O[C@@H]1O[C@H](C)CC(=[N+](C)C)[C@H]1O. The highest BCUT2D eigenvalue weighted by atomic mass is 16.7. The van der Waals surface area contributed by atoms with Crippen molar-refractivity contribution < 1.29 is 38.2 Å². The molecular formula is C36H60N3O7+. The van der Waals surface area contributed by atoms with Crippen LogP contribution in [-0.4, -0.2) is 128 Å². The van der Waals surface area contributed by atoms with Gasteiger partial charge in [0.25, 0.3) is 0 Å². The molecule has 1 aromatic carbocycles. The third kappa shape index (κ3) is 9.90. The molecule has 0 unspecified atom stereocenters. The van der Waals surface area contributed by atoms with Crippen molar-refractivity contribution in [1.29, 1.82) is 0 Å². The van der Waals surface area contributed by atoms with Gasteiger partial charge in [0.2, 0.25) is 0 Å². The van der Waals surface area contributed by atoms with Crippen LogP contribution in [0.2, 0.25) is 0 Å². The maximum atomic E-state index is 14.3. The Balaban J connectivity index is 1.94. The molecule has 0 amide bonds. The molecule has 0 saturated carbocycles. The highest BCUT2D eigenvalue weighted by molar-refractivity contribution is 6.04. The molecule has 1 N–H and O–H groups in total. The molecule has 0 bridgehead atoms. The van der Waals surface area contributed by atoms with Gasteiger partial charge in [-0.3, -0.25) is 14.5 Å². The lowest BCUT2D eigenvalue weighted by Gasteiger charge is -2.45. The van der Waals surface area contributed by atoms with Crippen LogP contribution >= 0.6 is 0 Å². The van der Waals surface area contributed by atoms with Gasteiger partial charge < -0.3 is 29.0 Å². The quantitative estimate of drug-likeness (QED) is 0.292. The largest absolute Gasteiger partial charge is 0.464 e. The fourth-order valence-corrected chi connectivity index (χ4v) is 7.04. The molecule has 0 aliphatic carbocycles. The van der Waals surface area contributed by atoms with Crippen LogP contribution in [0.1, 0.15) is 66.4 Å². The molecule has 2 heterocycles. The van der Waals surface area contributed by atoms with E-state index in [-0.39, 0.29) is 24.4 Å². The average Bonchev–Trinajstić information content (AvgIpc) is 2.99. The zero-order valence-electron chi connectivity index (χ0n) is 30.0. The van der Waals surface area contributed by atoms with Crippen molar-refractivity contribution in [2.24, 2.45) is 17.3 Å². The maximum absolute atomic E-state index is 14.3. The van der Waals surface area contributed by atoms with Gasteiger partial charge in [0, 0.05) is 32.7 Å². The third-order valence-electron chi connectivity index (χ3n) is 9.66. The van der Waals surface area contributed by atoms with Crippen molar-refractivity contribution >= 4 is 17.5 Å². The minimum absolute atomic E-state index is 0.183. The molecule has 2 aliphatic rings. The Labute approximate surface area is 277 Å². The fourth-order valence-electron chi connectivity index (χ4n) is 7.04. The number of aliphatic hydroxyl groups excluding tert-OH is 1. The van der Waals surface area contributed by atoms with Gasteiger partial charge in [-0.2, -0.15) is 0 Å². The van der Waals surface area contributed by atoms with Crippen molar-refractivity contribution in [3.63, 3.8) is 0 Å². The summed E-state index contributed by atoms with van der Waals surface area (Å²) in [7, 11) is 7.54. The summed E-state index contributed by atoms with van der Waals surface area (Å²) in [6, 6.07) is 10.3. The summed E-state index contributed by atoms with van der Waals surface area (Å²) in [5.74, 6) is -1.46. The Bertz CT molecular complexity index is 1170. The molecule has 0 spiro atoms. The van der Waals surface area contributed by atoms with Gasteiger partial charge in [0.15, 0.2) is 23.9 Å². The van der Waals surface area contributed by atoms with Gasteiger partial charge in [-0.15, -0.1) is 0 Å². The Morgan fingerprint density at radius 3 is 2.35 bits per heavy atom. The first-order valence-corrected chi connectivity index (χ1v) is 16.8. The Kier molecular flexibility index (Phi) is 13.9. The Morgan fingerprint density at radius 1 is 1.04 bits per heavy atom.